The lowest BCUT2D eigenvalue weighted by molar-refractivity contribution is -0.141. The molecule has 0 spiro atoms. The molecule has 1 aromatic rings. The predicted octanol–water partition coefficient (Wildman–Crippen LogP) is 3.31. The van der Waals surface area contributed by atoms with Gasteiger partial charge in [0.1, 0.15) is 0 Å². The fourth-order valence-electron chi connectivity index (χ4n) is 0.618. The van der Waals surface area contributed by atoms with E-state index in [4.69, 9.17) is 0 Å². The summed E-state index contributed by atoms with van der Waals surface area (Å²) in [5.41, 5.74) is -0.810. The summed E-state index contributed by atoms with van der Waals surface area (Å²) in [6.45, 7) is 0. The minimum absolute atomic E-state index is 0.156. The maximum atomic E-state index is 12.2. The van der Waals surface area contributed by atoms with Crippen molar-refractivity contribution in [3.63, 3.8) is 0 Å². The lowest BCUT2D eigenvalue weighted by atomic mass is 10.3. The molecule has 1 aromatic heterocycles. The monoisotopic (exact) mass is 399 g/mol. The minimum Gasteiger partial charge on any atom is -0.251 e. The highest BCUT2D eigenvalue weighted by atomic mass is 127. The van der Waals surface area contributed by atoms with Crippen LogP contribution in [0.4, 0.5) is 13.2 Å². The van der Waals surface area contributed by atoms with E-state index in [-0.39, 0.29) is 3.57 Å². The van der Waals surface area contributed by atoms with Crippen molar-refractivity contribution in [2.75, 3.05) is 0 Å². The third-order valence-corrected chi connectivity index (χ3v) is 4.13. The number of alkyl halides is 3. The molecule has 0 atom stereocenters. The first-order valence-electron chi connectivity index (χ1n) is 2.80. The second kappa shape index (κ2) is 3.64. The standard InChI is InChI=1S/C6H2F3I2N/c7-6(8,9)5-4(11)3(10)1-2-12-5/h1-2H. The third-order valence-electron chi connectivity index (χ3n) is 1.11. The summed E-state index contributed by atoms with van der Waals surface area (Å²) in [5.74, 6) is 0. The van der Waals surface area contributed by atoms with Crippen LogP contribution in [0.15, 0.2) is 12.3 Å². The van der Waals surface area contributed by atoms with Crippen molar-refractivity contribution >= 4 is 45.2 Å². The molecule has 0 radical (unpaired) electrons. The number of rotatable bonds is 0. The molecule has 1 nitrogen and oxygen atoms in total. The summed E-state index contributed by atoms with van der Waals surface area (Å²) in [6.07, 6.45) is -3.19. The molecule has 0 amide bonds. The van der Waals surface area contributed by atoms with Crippen molar-refractivity contribution in [3.05, 3.63) is 25.1 Å². The summed E-state index contributed by atoms with van der Waals surface area (Å²) in [6, 6.07) is 1.54. The number of pyridine rings is 1. The van der Waals surface area contributed by atoms with Crippen LogP contribution in [-0.4, -0.2) is 4.98 Å². The summed E-state index contributed by atoms with van der Waals surface area (Å²) in [7, 11) is 0. The predicted molar refractivity (Wildman–Crippen MR) is 54.7 cm³/mol. The van der Waals surface area contributed by atoms with E-state index in [0.717, 1.165) is 6.20 Å². The number of aromatic nitrogens is 1. The SMILES string of the molecule is FC(F)(F)c1nccc(I)c1I. The van der Waals surface area contributed by atoms with Crippen molar-refractivity contribution in [2.24, 2.45) is 0 Å². The van der Waals surface area contributed by atoms with E-state index in [1.54, 1.807) is 22.6 Å². The zero-order valence-electron chi connectivity index (χ0n) is 5.49. The first-order valence-corrected chi connectivity index (χ1v) is 4.96. The first kappa shape index (κ1) is 10.5. The molecule has 0 saturated carbocycles. The maximum Gasteiger partial charge on any atom is 0.434 e. The Bertz CT molecular complexity index is 297. The van der Waals surface area contributed by atoms with E-state index < -0.39 is 11.9 Å². The Kier molecular flexibility index (Phi) is 3.18. The molecular formula is C6H2F3I2N. The Morgan fingerprint density at radius 2 is 1.83 bits per heavy atom. The Labute approximate surface area is 94.0 Å². The summed E-state index contributed by atoms with van der Waals surface area (Å²) in [5, 5.41) is 0. The van der Waals surface area contributed by atoms with E-state index in [2.05, 4.69) is 4.98 Å². The highest BCUT2D eigenvalue weighted by molar-refractivity contribution is 14.1. The van der Waals surface area contributed by atoms with Gasteiger partial charge in [0.05, 0.1) is 3.57 Å². The van der Waals surface area contributed by atoms with E-state index in [1.807, 2.05) is 22.6 Å². The second-order valence-corrected chi connectivity index (χ2v) is 4.19. The Morgan fingerprint density at radius 1 is 1.25 bits per heavy atom. The van der Waals surface area contributed by atoms with Crippen molar-refractivity contribution in [2.45, 2.75) is 6.18 Å². The molecule has 0 aliphatic carbocycles. The normalized spacial score (nSPS) is 11.8. The molecule has 66 valence electrons. The van der Waals surface area contributed by atoms with Gasteiger partial charge in [0.25, 0.3) is 0 Å². The van der Waals surface area contributed by atoms with Crippen LogP contribution in [0.2, 0.25) is 0 Å². The van der Waals surface area contributed by atoms with Crippen molar-refractivity contribution < 1.29 is 13.2 Å². The first-order chi connectivity index (χ1) is 5.43. The molecule has 1 rings (SSSR count). The fourth-order valence-corrected chi connectivity index (χ4v) is 1.66. The zero-order valence-corrected chi connectivity index (χ0v) is 9.81. The van der Waals surface area contributed by atoms with Gasteiger partial charge in [0, 0.05) is 9.77 Å². The molecule has 0 fully saturated rings. The Balaban J connectivity index is 3.26. The number of nitrogens with zero attached hydrogens (tertiary/aromatic N) is 1. The molecule has 0 N–H and O–H groups in total. The summed E-state index contributed by atoms with van der Waals surface area (Å²) in [4.78, 5) is 3.27. The van der Waals surface area contributed by atoms with Gasteiger partial charge in [-0.15, -0.1) is 0 Å². The molecule has 0 aliphatic heterocycles. The van der Waals surface area contributed by atoms with E-state index in [9.17, 15) is 13.2 Å². The van der Waals surface area contributed by atoms with Crippen LogP contribution in [0.3, 0.4) is 0 Å². The molecule has 12 heavy (non-hydrogen) atoms. The van der Waals surface area contributed by atoms with Crippen LogP contribution in [-0.2, 0) is 6.18 Å². The van der Waals surface area contributed by atoms with Gasteiger partial charge in [-0.3, -0.25) is 4.98 Å². The zero-order chi connectivity index (χ0) is 9.35. The lowest BCUT2D eigenvalue weighted by Crippen LogP contribution is -2.11. The minimum atomic E-state index is -4.35. The van der Waals surface area contributed by atoms with Gasteiger partial charge in [0.2, 0.25) is 0 Å². The molecule has 0 aliphatic rings. The van der Waals surface area contributed by atoms with E-state index in [0.29, 0.717) is 3.57 Å². The largest absolute Gasteiger partial charge is 0.434 e. The van der Waals surface area contributed by atoms with Gasteiger partial charge >= 0.3 is 6.18 Å². The van der Waals surface area contributed by atoms with Gasteiger partial charge in [-0.25, -0.2) is 0 Å². The van der Waals surface area contributed by atoms with Crippen molar-refractivity contribution in [1.29, 1.82) is 0 Å². The number of hydrogen-bond acceptors (Lipinski definition) is 1. The molecule has 0 bridgehead atoms. The van der Waals surface area contributed by atoms with Gasteiger partial charge in [-0.2, -0.15) is 13.2 Å². The summed E-state index contributed by atoms with van der Waals surface area (Å²) >= 11 is 3.48. The molecule has 0 saturated heterocycles. The second-order valence-electron chi connectivity index (χ2n) is 1.95. The molecule has 1 heterocycles. The Morgan fingerprint density at radius 3 is 2.25 bits per heavy atom. The highest BCUT2D eigenvalue weighted by Gasteiger charge is 2.35. The van der Waals surface area contributed by atoms with E-state index >= 15 is 0 Å². The van der Waals surface area contributed by atoms with Crippen molar-refractivity contribution in [1.82, 2.24) is 4.98 Å². The van der Waals surface area contributed by atoms with E-state index in [1.165, 1.54) is 6.07 Å². The average molecular weight is 399 g/mol. The molecule has 0 unspecified atom stereocenters. The lowest BCUT2D eigenvalue weighted by Gasteiger charge is -2.07. The van der Waals surface area contributed by atoms with Crippen LogP contribution >= 0.6 is 45.2 Å². The topological polar surface area (TPSA) is 12.9 Å². The van der Waals surface area contributed by atoms with Crippen LogP contribution in [0, 0.1) is 7.14 Å². The average Bonchev–Trinajstić information content (AvgIpc) is 1.92. The maximum absolute atomic E-state index is 12.2. The number of halogens is 5. The fraction of sp³-hybridized carbons (Fsp3) is 0.167. The molecule has 6 heteroatoms. The molecular weight excluding hydrogens is 397 g/mol. The van der Waals surface area contributed by atoms with Gasteiger partial charge in [-0.05, 0) is 51.2 Å². The summed E-state index contributed by atoms with van der Waals surface area (Å²) < 4.78 is 37.2. The number of hydrogen-bond donors (Lipinski definition) is 0. The Hall–Kier alpha value is 0.400. The van der Waals surface area contributed by atoms with Crippen LogP contribution in [0.1, 0.15) is 5.69 Å². The molecule has 0 aromatic carbocycles. The van der Waals surface area contributed by atoms with Gasteiger partial charge in [-0.1, -0.05) is 0 Å². The van der Waals surface area contributed by atoms with Gasteiger partial charge < -0.3 is 0 Å². The van der Waals surface area contributed by atoms with Gasteiger partial charge in [0.15, 0.2) is 5.69 Å². The van der Waals surface area contributed by atoms with Crippen LogP contribution in [0.25, 0.3) is 0 Å². The van der Waals surface area contributed by atoms with Crippen LogP contribution < -0.4 is 0 Å². The smallest absolute Gasteiger partial charge is 0.251 e. The van der Waals surface area contributed by atoms with Crippen LogP contribution in [0.5, 0.6) is 0 Å². The van der Waals surface area contributed by atoms with Crippen molar-refractivity contribution in [3.8, 4) is 0 Å². The third kappa shape index (κ3) is 2.21. The highest BCUT2D eigenvalue weighted by Crippen LogP contribution is 2.32. The quantitative estimate of drug-likeness (QED) is 0.611.